The van der Waals surface area contributed by atoms with Gasteiger partial charge in [-0.1, -0.05) is 0 Å². The molecule has 25 heavy (non-hydrogen) atoms. The number of carbonyl (C=O) groups excluding carboxylic acids is 2. The van der Waals surface area contributed by atoms with Gasteiger partial charge >= 0.3 is 12.1 Å². The van der Waals surface area contributed by atoms with Gasteiger partial charge in [0.25, 0.3) is 5.56 Å². The Bertz CT molecular complexity index is 652. The second-order valence-corrected chi connectivity index (χ2v) is 5.55. The van der Waals surface area contributed by atoms with Crippen LogP contribution in [0.1, 0.15) is 6.92 Å². The molecule has 0 unspecified atom stereocenters. The molecule has 0 aliphatic carbocycles. The van der Waals surface area contributed by atoms with Gasteiger partial charge in [0.1, 0.15) is 0 Å². The zero-order valence-electron chi connectivity index (χ0n) is 14.6. The lowest BCUT2D eigenvalue weighted by atomic mass is 10.3. The largest absolute Gasteiger partial charge is 0.450 e. The summed E-state index contributed by atoms with van der Waals surface area (Å²) in [5, 5.41) is 2.78. The molecule has 1 aromatic heterocycles. The van der Waals surface area contributed by atoms with E-state index < -0.39 is 0 Å². The molecular weight excluding hydrogens is 328 g/mol. The Morgan fingerprint density at radius 3 is 2.48 bits per heavy atom. The average molecular weight is 352 g/mol. The van der Waals surface area contributed by atoms with Crippen molar-refractivity contribution in [3.63, 3.8) is 0 Å². The lowest BCUT2D eigenvalue weighted by molar-refractivity contribution is 0.0868. The number of methoxy groups -OCH3 is 1. The van der Waals surface area contributed by atoms with E-state index in [4.69, 9.17) is 9.47 Å². The standard InChI is InChI=1S/C16H24N4O5/c1-3-25-16(23)19-8-6-18(7-9-19)15(22)17-13-4-5-14(21)20(12-13)10-11-24-2/h4-5,12H,3,6-11H2,1-2H3,(H,17,22). The predicted molar refractivity (Wildman–Crippen MR) is 91.8 cm³/mol. The predicted octanol–water partition coefficient (Wildman–Crippen LogP) is 0.801. The molecule has 2 heterocycles. The summed E-state index contributed by atoms with van der Waals surface area (Å²) in [7, 11) is 1.56. The van der Waals surface area contributed by atoms with E-state index in [-0.39, 0.29) is 17.7 Å². The van der Waals surface area contributed by atoms with Crippen LogP contribution < -0.4 is 10.9 Å². The Labute approximate surface area is 146 Å². The second kappa shape index (κ2) is 9.07. The highest BCUT2D eigenvalue weighted by Crippen LogP contribution is 2.09. The van der Waals surface area contributed by atoms with Gasteiger partial charge in [-0.05, 0) is 13.0 Å². The smallest absolute Gasteiger partial charge is 0.409 e. The zero-order chi connectivity index (χ0) is 18.2. The van der Waals surface area contributed by atoms with Crippen LogP contribution in [0.5, 0.6) is 0 Å². The summed E-state index contributed by atoms with van der Waals surface area (Å²) in [4.78, 5) is 39.0. The van der Waals surface area contributed by atoms with E-state index >= 15 is 0 Å². The van der Waals surface area contributed by atoms with Crippen molar-refractivity contribution in [3.05, 3.63) is 28.7 Å². The van der Waals surface area contributed by atoms with Crippen LogP contribution in [-0.4, -0.2) is 73.0 Å². The minimum atomic E-state index is -0.354. The number of nitrogens with zero attached hydrogens (tertiary/aromatic N) is 3. The summed E-state index contributed by atoms with van der Waals surface area (Å²) in [6.07, 6.45) is 1.24. The van der Waals surface area contributed by atoms with Gasteiger partial charge in [0.15, 0.2) is 0 Å². The molecule has 1 N–H and O–H groups in total. The van der Waals surface area contributed by atoms with Crippen LogP contribution in [0.4, 0.5) is 15.3 Å². The highest BCUT2D eigenvalue weighted by Gasteiger charge is 2.24. The number of carbonyl (C=O) groups is 2. The van der Waals surface area contributed by atoms with Gasteiger partial charge in [0.2, 0.25) is 0 Å². The quantitative estimate of drug-likeness (QED) is 0.846. The first-order valence-electron chi connectivity index (χ1n) is 8.22. The summed E-state index contributed by atoms with van der Waals surface area (Å²) in [5.41, 5.74) is 0.381. The molecule has 1 aromatic rings. The fraction of sp³-hybridized carbons (Fsp3) is 0.562. The highest BCUT2D eigenvalue weighted by molar-refractivity contribution is 5.89. The third kappa shape index (κ3) is 5.21. The Balaban J connectivity index is 1.90. The Morgan fingerprint density at radius 2 is 1.84 bits per heavy atom. The molecule has 0 saturated carbocycles. The topological polar surface area (TPSA) is 93.1 Å². The maximum Gasteiger partial charge on any atom is 0.409 e. The Hall–Kier alpha value is -2.55. The summed E-state index contributed by atoms with van der Waals surface area (Å²) >= 11 is 0. The number of urea groups is 1. The second-order valence-electron chi connectivity index (χ2n) is 5.55. The first-order valence-corrected chi connectivity index (χ1v) is 8.22. The van der Waals surface area contributed by atoms with Crippen LogP contribution in [0.25, 0.3) is 0 Å². The van der Waals surface area contributed by atoms with Crippen molar-refractivity contribution in [1.82, 2.24) is 14.4 Å². The summed E-state index contributed by atoms with van der Waals surface area (Å²) in [5.74, 6) is 0. The van der Waals surface area contributed by atoms with Gasteiger partial charge in [0.05, 0.1) is 18.9 Å². The molecule has 1 aliphatic rings. The number of anilines is 1. The minimum absolute atomic E-state index is 0.155. The van der Waals surface area contributed by atoms with Crippen LogP contribution in [0.2, 0.25) is 0 Å². The third-order valence-corrected chi connectivity index (χ3v) is 3.86. The SMILES string of the molecule is CCOC(=O)N1CCN(C(=O)Nc2ccc(=O)n(CCOC)c2)CC1. The van der Waals surface area contributed by atoms with Crippen molar-refractivity contribution in [2.75, 3.05) is 51.8 Å². The monoisotopic (exact) mass is 352 g/mol. The van der Waals surface area contributed by atoms with E-state index in [1.54, 1.807) is 36.1 Å². The van der Waals surface area contributed by atoms with Gasteiger partial charge < -0.3 is 29.2 Å². The van der Waals surface area contributed by atoms with Gasteiger partial charge in [-0.2, -0.15) is 0 Å². The molecule has 1 fully saturated rings. The first kappa shape index (κ1) is 18.8. The van der Waals surface area contributed by atoms with Crippen LogP contribution in [-0.2, 0) is 16.0 Å². The molecule has 1 aliphatic heterocycles. The van der Waals surface area contributed by atoms with E-state index in [1.165, 1.54) is 10.6 Å². The van der Waals surface area contributed by atoms with Gasteiger partial charge in [-0.3, -0.25) is 4.79 Å². The van der Waals surface area contributed by atoms with Crippen molar-refractivity contribution >= 4 is 17.8 Å². The van der Waals surface area contributed by atoms with Crippen molar-refractivity contribution < 1.29 is 19.1 Å². The summed E-state index contributed by atoms with van der Waals surface area (Å²) in [6, 6.07) is 2.71. The highest BCUT2D eigenvalue weighted by atomic mass is 16.6. The number of hydrogen-bond donors (Lipinski definition) is 1. The fourth-order valence-electron chi connectivity index (χ4n) is 2.48. The Kier molecular flexibility index (Phi) is 6.81. The average Bonchev–Trinajstić information content (AvgIpc) is 2.62. The summed E-state index contributed by atoms with van der Waals surface area (Å²) < 4.78 is 11.4. The van der Waals surface area contributed by atoms with E-state index in [9.17, 15) is 14.4 Å². The molecule has 0 spiro atoms. The maximum atomic E-state index is 12.3. The van der Waals surface area contributed by atoms with E-state index in [2.05, 4.69) is 5.32 Å². The van der Waals surface area contributed by atoms with Crippen molar-refractivity contribution in [1.29, 1.82) is 0 Å². The molecule has 0 radical (unpaired) electrons. The molecule has 0 atom stereocenters. The van der Waals surface area contributed by atoms with Crippen molar-refractivity contribution in [3.8, 4) is 0 Å². The van der Waals surface area contributed by atoms with Crippen molar-refractivity contribution in [2.24, 2.45) is 0 Å². The fourth-order valence-corrected chi connectivity index (χ4v) is 2.48. The number of nitrogens with one attached hydrogen (secondary N) is 1. The molecular formula is C16H24N4O5. The number of aromatic nitrogens is 1. The lowest BCUT2D eigenvalue weighted by Gasteiger charge is -2.34. The van der Waals surface area contributed by atoms with Gasteiger partial charge in [-0.25, -0.2) is 9.59 Å². The van der Waals surface area contributed by atoms with Crippen LogP contribution >= 0.6 is 0 Å². The van der Waals surface area contributed by atoms with E-state index in [0.29, 0.717) is 51.6 Å². The molecule has 138 valence electrons. The first-order chi connectivity index (χ1) is 12.0. The van der Waals surface area contributed by atoms with E-state index in [1.807, 2.05) is 0 Å². The number of hydrogen-bond acceptors (Lipinski definition) is 5. The maximum absolute atomic E-state index is 12.3. The molecule has 1 saturated heterocycles. The van der Waals surface area contributed by atoms with Crippen LogP contribution in [0.15, 0.2) is 23.1 Å². The zero-order valence-corrected chi connectivity index (χ0v) is 14.6. The number of pyridine rings is 1. The van der Waals surface area contributed by atoms with Crippen LogP contribution in [0, 0.1) is 0 Å². The van der Waals surface area contributed by atoms with Gasteiger partial charge in [0, 0.05) is 52.1 Å². The lowest BCUT2D eigenvalue weighted by Crippen LogP contribution is -2.51. The van der Waals surface area contributed by atoms with Gasteiger partial charge in [-0.15, -0.1) is 0 Å². The third-order valence-electron chi connectivity index (χ3n) is 3.86. The molecule has 9 nitrogen and oxygen atoms in total. The number of amides is 3. The molecule has 3 amide bonds. The van der Waals surface area contributed by atoms with E-state index in [0.717, 1.165) is 0 Å². The molecule has 0 aromatic carbocycles. The normalized spacial score (nSPS) is 14.3. The minimum Gasteiger partial charge on any atom is -0.450 e. The summed E-state index contributed by atoms with van der Waals surface area (Å²) in [6.45, 7) is 4.62. The number of ether oxygens (including phenoxy) is 2. The molecule has 2 rings (SSSR count). The molecule has 0 bridgehead atoms. The number of rotatable bonds is 5. The number of piperazine rings is 1. The molecule has 9 heteroatoms. The van der Waals surface area contributed by atoms with Crippen molar-refractivity contribution in [2.45, 2.75) is 13.5 Å². The van der Waals surface area contributed by atoms with Crippen LogP contribution in [0.3, 0.4) is 0 Å². The Morgan fingerprint density at radius 1 is 1.16 bits per heavy atom.